The Morgan fingerprint density at radius 1 is 1.11 bits per heavy atom. The van der Waals surface area contributed by atoms with E-state index in [4.69, 9.17) is 14.9 Å². The van der Waals surface area contributed by atoms with Crippen molar-refractivity contribution >= 4 is 11.7 Å². The fraction of sp³-hybridized carbons (Fsp3) is 0.391. The molecule has 0 spiro atoms. The summed E-state index contributed by atoms with van der Waals surface area (Å²) in [7, 11) is 0. The predicted molar refractivity (Wildman–Crippen MR) is 108 cm³/mol. The van der Waals surface area contributed by atoms with Crippen LogP contribution in [0.15, 0.2) is 65.8 Å². The summed E-state index contributed by atoms with van der Waals surface area (Å²) in [6.45, 7) is 0.208. The van der Waals surface area contributed by atoms with E-state index >= 15 is 0 Å². The number of rotatable bonds is 6. The van der Waals surface area contributed by atoms with Crippen LogP contribution in [0.2, 0.25) is 0 Å². The van der Waals surface area contributed by atoms with Gasteiger partial charge in [0.1, 0.15) is 0 Å². The predicted octanol–water partition coefficient (Wildman–Crippen LogP) is 3.23. The molecule has 0 radical (unpaired) electrons. The Morgan fingerprint density at radius 3 is 2.54 bits per heavy atom. The number of carbonyl (C=O) groups is 1. The molecule has 3 atom stereocenters. The molecular weight excluding hydrogens is 352 g/mol. The van der Waals surface area contributed by atoms with Crippen molar-refractivity contribution in [1.29, 1.82) is 0 Å². The lowest BCUT2D eigenvalue weighted by Gasteiger charge is -2.43. The van der Waals surface area contributed by atoms with Gasteiger partial charge in [0, 0.05) is 24.9 Å². The van der Waals surface area contributed by atoms with Crippen molar-refractivity contribution in [2.24, 2.45) is 16.9 Å². The van der Waals surface area contributed by atoms with Crippen LogP contribution < -0.4 is 5.43 Å². The third kappa shape index (κ3) is 3.20. The fourth-order valence-electron chi connectivity index (χ4n) is 4.65. The summed E-state index contributed by atoms with van der Waals surface area (Å²) >= 11 is 0. The molecule has 1 heterocycles. The molecule has 28 heavy (non-hydrogen) atoms. The number of fused-ring (bicyclic) bond motifs is 1. The number of nitrogens with one attached hydrogen (secondary N) is 1. The molecule has 2 aliphatic rings. The van der Waals surface area contributed by atoms with Gasteiger partial charge in [-0.15, -0.1) is 0 Å². The number of aliphatic hydroxyl groups is 1. The summed E-state index contributed by atoms with van der Waals surface area (Å²) < 4.78 is 5.60. The fourth-order valence-corrected chi connectivity index (χ4v) is 4.65. The number of esters is 1. The average molecular weight is 378 g/mol. The van der Waals surface area contributed by atoms with Crippen LogP contribution in [0.1, 0.15) is 36.8 Å². The minimum Gasteiger partial charge on any atom is -0.464 e. The van der Waals surface area contributed by atoms with Crippen LogP contribution in [-0.4, -0.2) is 30.0 Å². The van der Waals surface area contributed by atoms with Crippen LogP contribution in [0.5, 0.6) is 0 Å². The van der Waals surface area contributed by atoms with E-state index in [1.54, 1.807) is 0 Å². The first-order valence-electron chi connectivity index (χ1n) is 10.0. The van der Waals surface area contributed by atoms with Gasteiger partial charge in [0.2, 0.25) is 0 Å². The Hall–Kier alpha value is -2.66. The highest BCUT2D eigenvalue weighted by Crippen LogP contribution is 2.48. The van der Waals surface area contributed by atoms with Crippen molar-refractivity contribution in [3.63, 3.8) is 0 Å². The van der Waals surface area contributed by atoms with E-state index in [1.165, 1.54) is 0 Å². The number of aliphatic hydroxyl groups excluding tert-OH is 1. The third-order valence-electron chi connectivity index (χ3n) is 5.93. The maximum absolute atomic E-state index is 13.3. The van der Waals surface area contributed by atoms with Crippen LogP contribution in [-0.2, 0) is 15.1 Å². The van der Waals surface area contributed by atoms with Crippen molar-refractivity contribution in [3.8, 4) is 0 Å². The molecule has 1 aliphatic carbocycles. The summed E-state index contributed by atoms with van der Waals surface area (Å²) in [5, 5.41) is 13.8. The maximum atomic E-state index is 13.3. The molecule has 2 aromatic rings. The summed E-state index contributed by atoms with van der Waals surface area (Å²) in [5.41, 5.74) is 5.27. The van der Waals surface area contributed by atoms with E-state index in [0.29, 0.717) is 6.42 Å². The standard InChI is InChI=1S/C23H26N2O3/c26-15-8-16-28-22(27)23(18-11-5-2-6-12-18)20-14-7-13-19(20)21(24-25-23)17-9-3-1-4-10-17/h1-6,9-12,19-20,25-26H,7-8,13-16H2. The molecule has 3 unspecified atom stereocenters. The SMILES string of the molecule is O=C(OCCCO)C1(c2ccccc2)NN=C(c2ccccc2)C2CCCC21. The van der Waals surface area contributed by atoms with Crippen LogP contribution in [0, 0.1) is 11.8 Å². The molecule has 1 aliphatic heterocycles. The molecule has 1 fully saturated rings. The minimum absolute atomic E-state index is 0.00140. The third-order valence-corrected chi connectivity index (χ3v) is 5.93. The van der Waals surface area contributed by atoms with Gasteiger partial charge in [-0.3, -0.25) is 5.43 Å². The van der Waals surface area contributed by atoms with Gasteiger partial charge in [-0.05, 0) is 24.0 Å². The van der Waals surface area contributed by atoms with Gasteiger partial charge in [-0.1, -0.05) is 67.1 Å². The van der Waals surface area contributed by atoms with Crippen molar-refractivity contribution in [1.82, 2.24) is 5.43 Å². The quantitative estimate of drug-likeness (QED) is 0.598. The van der Waals surface area contributed by atoms with E-state index in [2.05, 4.69) is 17.6 Å². The number of nitrogens with zero attached hydrogens (tertiary/aromatic N) is 1. The Kier molecular flexibility index (Phi) is 5.44. The highest BCUT2D eigenvalue weighted by Gasteiger charge is 2.56. The zero-order chi connectivity index (χ0) is 19.4. The molecule has 2 aromatic carbocycles. The van der Waals surface area contributed by atoms with Gasteiger partial charge in [-0.2, -0.15) is 5.10 Å². The molecule has 5 heteroatoms. The number of benzene rings is 2. The zero-order valence-corrected chi connectivity index (χ0v) is 15.9. The zero-order valence-electron chi connectivity index (χ0n) is 15.9. The average Bonchev–Trinajstić information content (AvgIpc) is 3.25. The Morgan fingerprint density at radius 2 is 1.82 bits per heavy atom. The summed E-state index contributed by atoms with van der Waals surface area (Å²) in [6, 6.07) is 20.0. The Bertz CT molecular complexity index is 837. The van der Waals surface area contributed by atoms with Crippen molar-refractivity contribution in [3.05, 3.63) is 71.8 Å². The Labute approximate surface area is 165 Å². The van der Waals surface area contributed by atoms with Gasteiger partial charge in [0.25, 0.3) is 0 Å². The van der Waals surface area contributed by atoms with E-state index < -0.39 is 5.54 Å². The topological polar surface area (TPSA) is 70.9 Å². The van der Waals surface area contributed by atoms with Crippen molar-refractivity contribution in [2.75, 3.05) is 13.2 Å². The largest absolute Gasteiger partial charge is 0.464 e. The van der Waals surface area contributed by atoms with Gasteiger partial charge in [0.05, 0.1) is 12.3 Å². The van der Waals surface area contributed by atoms with Crippen molar-refractivity contribution < 1.29 is 14.6 Å². The van der Waals surface area contributed by atoms with E-state index in [0.717, 1.165) is 36.1 Å². The first-order valence-corrected chi connectivity index (χ1v) is 10.0. The van der Waals surface area contributed by atoms with E-state index in [-0.39, 0.29) is 31.0 Å². The smallest absolute Gasteiger partial charge is 0.338 e. The molecule has 1 saturated carbocycles. The molecule has 146 valence electrons. The molecule has 5 nitrogen and oxygen atoms in total. The Balaban J connectivity index is 1.76. The van der Waals surface area contributed by atoms with Crippen LogP contribution in [0.3, 0.4) is 0 Å². The van der Waals surface area contributed by atoms with E-state index in [1.807, 2.05) is 48.5 Å². The number of hydrogen-bond acceptors (Lipinski definition) is 5. The lowest BCUT2D eigenvalue weighted by molar-refractivity contribution is -0.156. The summed E-state index contributed by atoms with van der Waals surface area (Å²) in [4.78, 5) is 13.3. The molecule has 2 N–H and O–H groups in total. The monoisotopic (exact) mass is 378 g/mol. The summed E-state index contributed by atoms with van der Waals surface area (Å²) in [6.07, 6.45) is 3.44. The number of ether oxygens (including phenoxy) is 1. The lowest BCUT2D eigenvalue weighted by atomic mass is 9.70. The second-order valence-corrected chi connectivity index (χ2v) is 7.51. The molecule has 0 amide bonds. The first-order chi connectivity index (χ1) is 13.8. The van der Waals surface area contributed by atoms with Crippen molar-refractivity contribution in [2.45, 2.75) is 31.2 Å². The highest BCUT2D eigenvalue weighted by molar-refractivity contribution is 6.04. The van der Waals surface area contributed by atoms with Crippen LogP contribution in [0.4, 0.5) is 0 Å². The van der Waals surface area contributed by atoms with Gasteiger partial charge >= 0.3 is 5.97 Å². The molecule has 4 rings (SSSR count). The molecule has 0 saturated heterocycles. The van der Waals surface area contributed by atoms with Gasteiger partial charge in [-0.25, -0.2) is 4.79 Å². The van der Waals surface area contributed by atoms with Crippen LogP contribution >= 0.6 is 0 Å². The molecule has 0 aromatic heterocycles. The number of carbonyl (C=O) groups excluding carboxylic acids is 1. The van der Waals surface area contributed by atoms with Gasteiger partial charge in [0.15, 0.2) is 5.54 Å². The minimum atomic E-state index is -0.990. The second kappa shape index (κ2) is 8.15. The molecular formula is C23H26N2O3. The maximum Gasteiger partial charge on any atom is 0.338 e. The summed E-state index contributed by atoms with van der Waals surface area (Å²) in [5.74, 6) is -0.0293. The number of hydrazone groups is 1. The number of hydrogen-bond donors (Lipinski definition) is 2. The van der Waals surface area contributed by atoms with Gasteiger partial charge < -0.3 is 9.84 Å². The highest BCUT2D eigenvalue weighted by atomic mass is 16.5. The lowest BCUT2D eigenvalue weighted by Crippen LogP contribution is -2.58. The van der Waals surface area contributed by atoms with E-state index in [9.17, 15) is 4.79 Å². The van der Waals surface area contributed by atoms with Crippen LogP contribution in [0.25, 0.3) is 0 Å². The normalized spacial score (nSPS) is 26.1. The second-order valence-electron chi connectivity index (χ2n) is 7.51. The molecule has 0 bridgehead atoms. The first kappa shape index (κ1) is 18.7.